The van der Waals surface area contributed by atoms with Crippen LogP contribution in [0.15, 0.2) is 42.5 Å². The number of methoxy groups -OCH3 is 1. The second-order valence-electron chi connectivity index (χ2n) is 4.50. The van der Waals surface area contributed by atoms with E-state index in [1.54, 1.807) is 47.4 Å². The van der Waals surface area contributed by atoms with Crippen LogP contribution in [0, 0.1) is 0 Å². The number of carbonyl (C=O) groups is 1. The maximum absolute atomic E-state index is 12.7. The van der Waals surface area contributed by atoms with Crippen molar-refractivity contribution in [1.82, 2.24) is 0 Å². The Morgan fingerprint density at radius 1 is 1.29 bits per heavy atom. The van der Waals surface area contributed by atoms with Crippen molar-refractivity contribution in [2.75, 3.05) is 24.3 Å². The van der Waals surface area contributed by atoms with Crippen molar-refractivity contribution in [3.05, 3.63) is 48.0 Å². The molecule has 0 aromatic heterocycles. The number of aromatic hydroxyl groups is 1. The highest BCUT2D eigenvalue weighted by Gasteiger charge is 2.21. The Hall–Kier alpha value is -2.69. The van der Waals surface area contributed by atoms with Gasteiger partial charge in [0.15, 0.2) is 5.75 Å². The molecule has 0 saturated carbocycles. The minimum Gasteiger partial charge on any atom is -0.508 e. The molecular formula is C16H18N2O3. The topological polar surface area (TPSA) is 75.8 Å². The Morgan fingerprint density at radius 2 is 2.00 bits per heavy atom. The number of nitrogens with two attached hydrogens (primary N) is 1. The zero-order valence-electron chi connectivity index (χ0n) is 12.0. The highest BCUT2D eigenvalue weighted by atomic mass is 16.5. The van der Waals surface area contributed by atoms with Crippen LogP contribution in [0.3, 0.4) is 0 Å². The number of hydrogen-bond donors (Lipinski definition) is 2. The first kappa shape index (κ1) is 14.7. The lowest BCUT2D eigenvalue weighted by atomic mass is 10.1. The third-order valence-corrected chi connectivity index (χ3v) is 3.18. The maximum atomic E-state index is 12.7. The largest absolute Gasteiger partial charge is 0.508 e. The summed E-state index contributed by atoms with van der Waals surface area (Å²) in [5.74, 6) is 0.242. The lowest BCUT2D eigenvalue weighted by Crippen LogP contribution is -2.31. The molecule has 0 bridgehead atoms. The molecule has 0 aliphatic rings. The Morgan fingerprint density at radius 3 is 2.62 bits per heavy atom. The van der Waals surface area contributed by atoms with Gasteiger partial charge in [-0.3, -0.25) is 4.79 Å². The lowest BCUT2D eigenvalue weighted by molar-refractivity contribution is 0.0985. The molecule has 2 aromatic carbocycles. The fourth-order valence-electron chi connectivity index (χ4n) is 2.20. The van der Waals surface area contributed by atoms with Gasteiger partial charge in [-0.1, -0.05) is 12.1 Å². The molecule has 3 N–H and O–H groups in total. The number of anilines is 2. The van der Waals surface area contributed by atoms with E-state index in [9.17, 15) is 9.90 Å². The second-order valence-corrected chi connectivity index (χ2v) is 4.50. The molecule has 2 rings (SSSR count). The van der Waals surface area contributed by atoms with Gasteiger partial charge in [0.1, 0.15) is 5.75 Å². The molecule has 0 fully saturated rings. The Kier molecular flexibility index (Phi) is 4.33. The molecule has 5 nitrogen and oxygen atoms in total. The van der Waals surface area contributed by atoms with Crippen molar-refractivity contribution < 1.29 is 14.6 Å². The van der Waals surface area contributed by atoms with E-state index in [0.29, 0.717) is 29.2 Å². The minimum atomic E-state index is -0.229. The van der Waals surface area contributed by atoms with E-state index in [0.717, 1.165) is 0 Å². The molecule has 0 saturated heterocycles. The third kappa shape index (κ3) is 2.91. The first-order valence-corrected chi connectivity index (χ1v) is 6.61. The number of nitrogens with zero attached hydrogens (tertiary/aromatic N) is 1. The number of rotatable bonds is 4. The minimum absolute atomic E-state index is 0.110. The third-order valence-electron chi connectivity index (χ3n) is 3.18. The number of benzene rings is 2. The van der Waals surface area contributed by atoms with E-state index < -0.39 is 0 Å². The van der Waals surface area contributed by atoms with Gasteiger partial charge in [0.2, 0.25) is 0 Å². The van der Waals surface area contributed by atoms with Crippen molar-refractivity contribution in [1.29, 1.82) is 0 Å². The normalized spacial score (nSPS) is 10.2. The number of hydrogen-bond acceptors (Lipinski definition) is 4. The molecule has 0 heterocycles. The first-order valence-electron chi connectivity index (χ1n) is 6.61. The summed E-state index contributed by atoms with van der Waals surface area (Å²) in [7, 11) is 1.48. The molecule has 0 atom stereocenters. The van der Waals surface area contributed by atoms with E-state index in [1.165, 1.54) is 7.11 Å². The predicted molar refractivity (Wildman–Crippen MR) is 82.9 cm³/mol. The average molecular weight is 286 g/mol. The van der Waals surface area contributed by atoms with Crippen LogP contribution in [0.2, 0.25) is 0 Å². The molecular weight excluding hydrogens is 268 g/mol. The van der Waals surface area contributed by atoms with Gasteiger partial charge in [-0.15, -0.1) is 0 Å². The predicted octanol–water partition coefficient (Wildman–Crippen LogP) is 2.65. The van der Waals surface area contributed by atoms with Crippen LogP contribution in [0.25, 0.3) is 0 Å². The molecule has 21 heavy (non-hydrogen) atoms. The highest BCUT2D eigenvalue weighted by Crippen LogP contribution is 2.29. The van der Waals surface area contributed by atoms with Crippen molar-refractivity contribution in [3.8, 4) is 11.5 Å². The molecule has 0 aliphatic heterocycles. The van der Waals surface area contributed by atoms with Crippen molar-refractivity contribution >= 4 is 17.3 Å². The summed E-state index contributed by atoms with van der Waals surface area (Å²) in [6.45, 7) is 2.32. The zero-order chi connectivity index (χ0) is 15.4. The smallest absolute Gasteiger partial charge is 0.262 e. The van der Waals surface area contributed by atoms with Gasteiger partial charge < -0.3 is 20.5 Å². The first-order chi connectivity index (χ1) is 10.1. The van der Waals surface area contributed by atoms with Gasteiger partial charge in [0, 0.05) is 18.3 Å². The summed E-state index contributed by atoms with van der Waals surface area (Å²) in [6, 6.07) is 11.6. The highest BCUT2D eigenvalue weighted by molar-refractivity contribution is 6.08. The fourth-order valence-corrected chi connectivity index (χ4v) is 2.20. The maximum Gasteiger partial charge on any atom is 0.262 e. The number of amides is 1. The molecule has 110 valence electrons. The van der Waals surface area contributed by atoms with Crippen LogP contribution in [0.4, 0.5) is 11.4 Å². The van der Waals surface area contributed by atoms with Crippen LogP contribution in [-0.4, -0.2) is 24.7 Å². The summed E-state index contributed by atoms with van der Waals surface area (Å²) < 4.78 is 5.23. The molecule has 0 unspecified atom stereocenters. The van der Waals surface area contributed by atoms with Crippen LogP contribution in [0.1, 0.15) is 17.3 Å². The zero-order valence-corrected chi connectivity index (χ0v) is 12.0. The summed E-state index contributed by atoms with van der Waals surface area (Å²) in [5, 5.41) is 9.57. The van der Waals surface area contributed by atoms with Crippen LogP contribution >= 0.6 is 0 Å². The van der Waals surface area contributed by atoms with Gasteiger partial charge in [0.05, 0.1) is 18.4 Å². The quantitative estimate of drug-likeness (QED) is 0.847. The van der Waals surface area contributed by atoms with E-state index in [-0.39, 0.29) is 11.7 Å². The summed E-state index contributed by atoms with van der Waals surface area (Å²) in [4.78, 5) is 14.3. The monoisotopic (exact) mass is 286 g/mol. The van der Waals surface area contributed by atoms with E-state index in [4.69, 9.17) is 10.5 Å². The number of phenols is 1. The van der Waals surface area contributed by atoms with Crippen molar-refractivity contribution in [2.45, 2.75) is 6.92 Å². The number of phenolic OH excluding ortho intramolecular Hbond substituents is 1. The van der Waals surface area contributed by atoms with E-state index in [1.807, 2.05) is 6.92 Å². The summed E-state index contributed by atoms with van der Waals surface area (Å²) in [6.07, 6.45) is 0. The molecule has 0 radical (unpaired) electrons. The lowest BCUT2D eigenvalue weighted by Gasteiger charge is -2.22. The van der Waals surface area contributed by atoms with Gasteiger partial charge >= 0.3 is 0 Å². The molecule has 1 amide bonds. The number of nitrogen functional groups attached to an aromatic ring is 1. The van der Waals surface area contributed by atoms with Crippen LogP contribution < -0.4 is 15.4 Å². The fraction of sp³-hybridized carbons (Fsp3) is 0.188. The van der Waals surface area contributed by atoms with Gasteiger partial charge in [-0.25, -0.2) is 0 Å². The number of carbonyl (C=O) groups excluding carboxylic acids is 1. The molecule has 5 heteroatoms. The molecule has 0 spiro atoms. The van der Waals surface area contributed by atoms with Crippen molar-refractivity contribution in [2.24, 2.45) is 0 Å². The number of para-hydroxylation sites is 1. The Balaban J connectivity index is 2.44. The van der Waals surface area contributed by atoms with E-state index in [2.05, 4.69) is 0 Å². The second kappa shape index (κ2) is 6.17. The van der Waals surface area contributed by atoms with E-state index >= 15 is 0 Å². The average Bonchev–Trinajstić information content (AvgIpc) is 2.47. The molecule has 0 aliphatic carbocycles. The van der Waals surface area contributed by atoms with Crippen molar-refractivity contribution in [3.63, 3.8) is 0 Å². The van der Waals surface area contributed by atoms with Gasteiger partial charge in [-0.05, 0) is 31.2 Å². The Labute approximate surface area is 123 Å². The SMILES string of the molecule is CCN(C(=O)c1cccc(N)c1OC)c1cccc(O)c1. The summed E-state index contributed by atoms with van der Waals surface area (Å²) in [5.41, 5.74) is 7.26. The van der Waals surface area contributed by atoms with Crippen LogP contribution in [-0.2, 0) is 0 Å². The van der Waals surface area contributed by atoms with Gasteiger partial charge in [0.25, 0.3) is 5.91 Å². The van der Waals surface area contributed by atoms with Crippen LogP contribution in [0.5, 0.6) is 11.5 Å². The Bertz CT molecular complexity index is 656. The number of ether oxygens (including phenoxy) is 1. The standard InChI is InChI=1S/C16H18N2O3/c1-3-18(11-6-4-7-12(19)10-11)16(20)13-8-5-9-14(17)15(13)21-2/h4-10,19H,3,17H2,1-2H3. The molecule has 2 aromatic rings. The van der Waals surface area contributed by atoms with Gasteiger partial charge in [-0.2, -0.15) is 0 Å². The summed E-state index contributed by atoms with van der Waals surface area (Å²) >= 11 is 0.